The minimum atomic E-state index is -1.40. The molecule has 2 rings (SSSR count). The monoisotopic (exact) mass is 281 g/mol. The van der Waals surface area contributed by atoms with Crippen LogP contribution in [-0.4, -0.2) is 33.5 Å². The second-order valence-corrected chi connectivity index (χ2v) is 4.89. The smallest absolute Gasteiger partial charge is 0.351 e. The van der Waals surface area contributed by atoms with Gasteiger partial charge in [-0.15, -0.1) is 6.42 Å². The molecule has 1 aromatic rings. The molecule has 0 unspecified atom stereocenters. The second kappa shape index (κ2) is 5.23. The van der Waals surface area contributed by atoms with Crippen molar-refractivity contribution in [1.29, 1.82) is 0 Å². The molecule has 108 valence electrons. The summed E-state index contributed by atoms with van der Waals surface area (Å²) in [6.07, 6.45) is 5.99. The van der Waals surface area contributed by atoms with Gasteiger partial charge in [0, 0.05) is 12.1 Å². The number of nitrogens with zero attached hydrogens (tertiary/aromatic N) is 2. The van der Waals surface area contributed by atoms with Crippen molar-refractivity contribution in [2.45, 2.75) is 18.8 Å². The number of halogens is 1. The van der Waals surface area contributed by atoms with E-state index >= 15 is 0 Å². The van der Waals surface area contributed by atoms with Crippen LogP contribution in [0.3, 0.4) is 0 Å². The van der Waals surface area contributed by atoms with Crippen LogP contribution in [0, 0.1) is 24.2 Å². The maximum absolute atomic E-state index is 13.3. The summed E-state index contributed by atoms with van der Waals surface area (Å²) in [5, 5.41) is 9.42. The quantitative estimate of drug-likeness (QED) is 0.758. The van der Waals surface area contributed by atoms with E-state index < -0.39 is 42.6 Å². The Morgan fingerprint density at radius 3 is 2.95 bits per heavy atom. The Hall–Kier alpha value is -1.91. The van der Waals surface area contributed by atoms with Gasteiger partial charge in [0.25, 0.3) is 0 Å². The van der Waals surface area contributed by atoms with Gasteiger partial charge in [0.15, 0.2) is 6.23 Å². The number of hydrogen-bond acceptors (Lipinski definition) is 5. The number of alkyl halides is 1. The largest absolute Gasteiger partial charge is 0.393 e. The van der Waals surface area contributed by atoms with Crippen molar-refractivity contribution >= 4 is 5.82 Å². The lowest BCUT2D eigenvalue weighted by molar-refractivity contribution is -0.122. The van der Waals surface area contributed by atoms with Crippen LogP contribution in [-0.2, 0) is 4.74 Å². The van der Waals surface area contributed by atoms with Crippen LogP contribution in [0.1, 0.15) is 13.2 Å². The molecule has 20 heavy (non-hydrogen) atoms. The lowest BCUT2D eigenvalue weighted by Gasteiger charge is -2.27. The summed E-state index contributed by atoms with van der Waals surface area (Å²) in [6, 6.07) is 1.43. The van der Waals surface area contributed by atoms with Crippen LogP contribution >= 0.6 is 0 Å². The first kappa shape index (κ1) is 14.5. The van der Waals surface area contributed by atoms with E-state index in [2.05, 4.69) is 10.9 Å². The van der Waals surface area contributed by atoms with Gasteiger partial charge in [-0.1, -0.05) is 12.8 Å². The molecule has 1 aliphatic rings. The Labute approximate surface area is 115 Å². The van der Waals surface area contributed by atoms with E-state index in [1.54, 1.807) is 6.92 Å². The SMILES string of the molecule is C#C[C@@H]1[C@H](n2ccc(N)nc2=O)O[C@@](CO)(CF)[C@H]1C. The first-order chi connectivity index (χ1) is 9.49. The van der Waals surface area contributed by atoms with Crippen molar-refractivity contribution < 1.29 is 14.2 Å². The Balaban J connectivity index is 2.47. The van der Waals surface area contributed by atoms with Crippen molar-refractivity contribution in [3.63, 3.8) is 0 Å². The van der Waals surface area contributed by atoms with Crippen LogP contribution in [0.25, 0.3) is 0 Å². The zero-order valence-corrected chi connectivity index (χ0v) is 11.0. The summed E-state index contributed by atoms with van der Waals surface area (Å²) in [5.41, 5.74) is 3.39. The fourth-order valence-corrected chi connectivity index (χ4v) is 2.45. The molecule has 7 heteroatoms. The summed E-state index contributed by atoms with van der Waals surface area (Å²) in [4.78, 5) is 15.4. The van der Waals surface area contributed by atoms with Crippen LogP contribution in [0.2, 0.25) is 0 Å². The van der Waals surface area contributed by atoms with Gasteiger partial charge in [-0.25, -0.2) is 9.18 Å². The Morgan fingerprint density at radius 1 is 1.75 bits per heavy atom. The summed E-state index contributed by atoms with van der Waals surface area (Å²) in [7, 11) is 0. The van der Waals surface area contributed by atoms with E-state index in [0.717, 1.165) is 0 Å². The molecule has 0 spiro atoms. The molecule has 1 aromatic heterocycles. The van der Waals surface area contributed by atoms with Gasteiger partial charge in [0.05, 0.1) is 12.5 Å². The average Bonchev–Trinajstić information content (AvgIpc) is 2.71. The van der Waals surface area contributed by atoms with Crippen LogP contribution in [0.15, 0.2) is 17.1 Å². The number of nitrogens with two attached hydrogens (primary N) is 1. The first-order valence-corrected chi connectivity index (χ1v) is 6.14. The summed E-state index contributed by atoms with van der Waals surface area (Å²) < 4.78 is 20.0. The molecule has 0 radical (unpaired) electrons. The van der Waals surface area contributed by atoms with Gasteiger partial charge in [-0.3, -0.25) is 4.57 Å². The van der Waals surface area contributed by atoms with Crippen molar-refractivity contribution in [2.75, 3.05) is 19.0 Å². The fraction of sp³-hybridized carbons (Fsp3) is 0.538. The predicted molar refractivity (Wildman–Crippen MR) is 70.3 cm³/mol. The van der Waals surface area contributed by atoms with Gasteiger partial charge >= 0.3 is 5.69 Å². The minimum absolute atomic E-state index is 0.0773. The zero-order chi connectivity index (χ0) is 14.9. The van der Waals surface area contributed by atoms with Crippen LogP contribution in [0.5, 0.6) is 0 Å². The van der Waals surface area contributed by atoms with Crippen molar-refractivity contribution in [2.24, 2.45) is 11.8 Å². The number of hydrogen-bond donors (Lipinski definition) is 2. The number of anilines is 1. The van der Waals surface area contributed by atoms with E-state index in [1.165, 1.54) is 16.8 Å². The third-order valence-corrected chi connectivity index (χ3v) is 3.84. The highest BCUT2D eigenvalue weighted by Crippen LogP contribution is 2.45. The molecule has 0 bridgehead atoms. The lowest BCUT2D eigenvalue weighted by atomic mass is 9.83. The predicted octanol–water partition coefficient (Wildman–Crippen LogP) is -0.0596. The highest BCUT2D eigenvalue weighted by Gasteiger charge is 2.53. The summed E-state index contributed by atoms with van der Waals surface area (Å²) in [6.45, 7) is 0.281. The second-order valence-electron chi connectivity index (χ2n) is 4.89. The van der Waals surface area contributed by atoms with Crippen molar-refractivity contribution in [3.05, 3.63) is 22.7 Å². The normalized spacial score (nSPS) is 33.0. The molecule has 1 fully saturated rings. The van der Waals surface area contributed by atoms with Gasteiger partial charge in [0.2, 0.25) is 0 Å². The van der Waals surface area contributed by atoms with E-state index in [9.17, 15) is 14.3 Å². The molecule has 2 heterocycles. The first-order valence-electron chi connectivity index (χ1n) is 6.14. The van der Waals surface area contributed by atoms with E-state index in [1.807, 2.05) is 0 Å². The highest BCUT2D eigenvalue weighted by atomic mass is 19.1. The Bertz CT molecular complexity index is 591. The number of rotatable bonds is 3. The van der Waals surface area contributed by atoms with Crippen molar-refractivity contribution in [1.82, 2.24) is 9.55 Å². The molecule has 0 saturated carbocycles. The Morgan fingerprint density at radius 2 is 2.45 bits per heavy atom. The maximum atomic E-state index is 13.3. The zero-order valence-electron chi connectivity index (χ0n) is 11.0. The topological polar surface area (TPSA) is 90.4 Å². The lowest BCUT2D eigenvalue weighted by Crippen LogP contribution is -2.42. The highest BCUT2D eigenvalue weighted by molar-refractivity contribution is 5.24. The molecule has 0 amide bonds. The summed E-state index contributed by atoms with van der Waals surface area (Å²) >= 11 is 0. The number of ether oxygens (including phenoxy) is 1. The number of aliphatic hydroxyl groups excluding tert-OH is 1. The van der Waals surface area contributed by atoms with Crippen LogP contribution in [0.4, 0.5) is 10.2 Å². The molecule has 3 N–H and O–H groups in total. The van der Waals surface area contributed by atoms with Gasteiger partial charge in [0.1, 0.15) is 18.1 Å². The number of aromatic nitrogens is 2. The third-order valence-electron chi connectivity index (χ3n) is 3.84. The molecular formula is C13H16FN3O3. The molecule has 6 nitrogen and oxygen atoms in total. The fourth-order valence-electron chi connectivity index (χ4n) is 2.45. The molecular weight excluding hydrogens is 265 g/mol. The minimum Gasteiger partial charge on any atom is -0.393 e. The molecule has 1 aliphatic heterocycles. The summed E-state index contributed by atoms with van der Waals surface area (Å²) in [5.74, 6) is 1.58. The molecule has 4 atom stereocenters. The number of aliphatic hydroxyl groups is 1. The Kier molecular flexibility index (Phi) is 3.79. The van der Waals surface area contributed by atoms with Crippen LogP contribution < -0.4 is 11.4 Å². The molecule has 1 saturated heterocycles. The standard InChI is InChI=1S/C13H16FN3O3/c1-3-9-8(2)13(6-14,7-18)20-11(9)17-5-4-10(15)16-12(17)19/h1,4-5,8-9,11,18H,6-7H2,2H3,(H2,15,16,19)/t8-,9-,11+,13+/m0/s1. The van der Waals surface area contributed by atoms with E-state index in [4.69, 9.17) is 16.9 Å². The molecule has 0 aromatic carbocycles. The van der Waals surface area contributed by atoms with Crippen molar-refractivity contribution in [3.8, 4) is 12.3 Å². The number of nitrogen functional groups attached to an aromatic ring is 1. The van der Waals surface area contributed by atoms with E-state index in [0.29, 0.717) is 0 Å². The van der Waals surface area contributed by atoms with Gasteiger partial charge in [-0.05, 0) is 6.07 Å². The maximum Gasteiger partial charge on any atom is 0.351 e. The van der Waals surface area contributed by atoms with Gasteiger partial charge < -0.3 is 15.6 Å². The number of terminal acetylenes is 1. The van der Waals surface area contributed by atoms with E-state index in [-0.39, 0.29) is 5.82 Å². The third kappa shape index (κ3) is 2.07. The van der Waals surface area contributed by atoms with Gasteiger partial charge in [-0.2, -0.15) is 4.98 Å². The average molecular weight is 281 g/mol. The molecule has 0 aliphatic carbocycles.